The van der Waals surface area contributed by atoms with Gasteiger partial charge in [-0.25, -0.2) is 8.42 Å². The normalized spacial score (nSPS) is 33.6. The lowest BCUT2D eigenvalue weighted by Gasteiger charge is -2.43. The second-order valence-corrected chi connectivity index (χ2v) is 8.19. The van der Waals surface area contributed by atoms with Crippen molar-refractivity contribution in [3.8, 4) is 0 Å². The van der Waals surface area contributed by atoms with Gasteiger partial charge in [0, 0.05) is 6.04 Å². The Morgan fingerprint density at radius 2 is 2.00 bits per heavy atom. The van der Waals surface area contributed by atoms with Crippen LogP contribution in [-0.2, 0) is 19.4 Å². The van der Waals surface area contributed by atoms with Crippen molar-refractivity contribution in [2.24, 2.45) is 5.92 Å². The number of amides is 2. The predicted octanol–water partition coefficient (Wildman–Crippen LogP) is -0.0649. The molecule has 0 saturated carbocycles. The molecule has 0 spiro atoms. The number of sulfone groups is 1. The van der Waals surface area contributed by atoms with Gasteiger partial charge in [0.1, 0.15) is 12.1 Å². The van der Waals surface area contributed by atoms with Crippen LogP contribution >= 0.6 is 0 Å². The molecule has 2 rings (SSSR count). The Kier molecular flexibility index (Phi) is 4.09. The summed E-state index contributed by atoms with van der Waals surface area (Å²) in [7, 11) is -3.08. The molecule has 3 atom stereocenters. The number of nitrogens with zero attached hydrogens (tertiary/aromatic N) is 1. The Balaban J connectivity index is 2.33. The lowest BCUT2D eigenvalue weighted by atomic mass is 9.94. The zero-order valence-electron chi connectivity index (χ0n) is 12.1. The molecule has 6 nitrogen and oxygen atoms in total. The van der Waals surface area contributed by atoms with Crippen molar-refractivity contribution in [2.75, 3.05) is 11.5 Å². The standard InChI is InChI=1S/C13H22N2O4S/c1-4-10-13(17)15(9-5-6-20(18,19)7-9)11(8(2)3)12(16)14-10/h8-11H,4-7H2,1-3H3,(H,14,16). The van der Waals surface area contributed by atoms with Crippen molar-refractivity contribution >= 4 is 21.7 Å². The molecular weight excluding hydrogens is 280 g/mol. The molecule has 7 heteroatoms. The van der Waals surface area contributed by atoms with Gasteiger partial charge in [-0.1, -0.05) is 20.8 Å². The fourth-order valence-corrected chi connectivity index (χ4v) is 4.78. The van der Waals surface area contributed by atoms with Crippen molar-refractivity contribution in [3.05, 3.63) is 0 Å². The fourth-order valence-electron chi connectivity index (χ4n) is 3.06. The van der Waals surface area contributed by atoms with Crippen molar-refractivity contribution in [1.82, 2.24) is 10.2 Å². The van der Waals surface area contributed by atoms with E-state index in [1.54, 1.807) is 4.90 Å². The molecule has 2 saturated heterocycles. The summed E-state index contributed by atoms with van der Waals surface area (Å²) in [6, 6.07) is -1.45. The van der Waals surface area contributed by atoms with E-state index in [2.05, 4.69) is 5.32 Å². The second-order valence-electron chi connectivity index (χ2n) is 5.96. The first-order valence-electron chi connectivity index (χ1n) is 7.09. The fraction of sp³-hybridized carbons (Fsp3) is 0.846. The Bertz CT molecular complexity index is 514. The summed E-state index contributed by atoms with van der Waals surface area (Å²) in [6.45, 7) is 5.59. The maximum Gasteiger partial charge on any atom is 0.246 e. The molecule has 2 amide bonds. The number of hydrogen-bond donors (Lipinski definition) is 1. The van der Waals surface area contributed by atoms with Gasteiger partial charge in [0.25, 0.3) is 0 Å². The third-order valence-electron chi connectivity index (χ3n) is 4.08. The Labute approximate surface area is 119 Å². The van der Waals surface area contributed by atoms with Crippen molar-refractivity contribution in [1.29, 1.82) is 0 Å². The minimum absolute atomic E-state index is 0.0221. The quantitative estimate of drug-likeness (QED) is 0.791. The van der Waals surface area contributed by atoms with Gasteiger partial charge in [0.2, 0.25) is 11.8 Å². The largest absolute Gasteiger partial charge is 0.343 e. The molecule has 0 radical (unpaired) electrons. The summed E-state index contributed by atoms with van der Waals surface area (Å²) >= 11 is 0. The molecule has 0 bridgehead atoms. The minimum Gasteiger partial charge on any atom is -0.343 e. The van der Waals surface area contributed by atoms with E-state index in [1.165, 1.54) is 0 Å². The molecule has 2 fully saturated rings. The smallest absolute Gasteiger partial charge is 0.246 e. The van der Waals surface area contributed by atoms with Crippen LogP contribution in [0.5, 0.6) is 0 Å². The van der Waals surface area contributed by atoms with Gasteiger partial charge < -0.3 is 10.2 Å². The average molecular weight is 302 g/mol. The molecule has 2 aliphatic heterocycles. The maximum absolute atomic E-state index is 12.5. The van der Waals surface area contributed by atoms with Gasteiger partial charge in [-0.15, -0.1) is 0 Å². The van der Waals surface area contributed by atoms with Crippen LogP contribution in [0.4, 0.5) is 0 Å². The Morgan fingerprint density at radius 1 is 1.35 bits per heavy atom. The van der Waals surface area contributed by atoms with Crippen LogP contribution in [-0.4, -0.2) is 54.8 Å². The SMILES string of the molecule is CCC1NC(=O)C(C(C)C)N(C2CCS(=O)(=O)C2)C1=O. The van der Waals surface area contributed by atoms with Crippen molar-refractivity contribution in [3.63, 3.8) is 0 Å². The number of rotatable bonds is 3. The van der Waals surface area contributed by atoms with Gasteiger partial charge in [0.05, 0.1) is 11.5 Å². The molecule has 20 heavy (non-hydrogen) atoms. The van der Waals surface area contributed by atoms with Crippen LogP contribution in [0, 0.1) is 5.92 Å². The van der Waals surface area contributed by atoms with Crippen LogP contribution in [0.1, 0.15) is 33.6 Å². The predicted molar refractivity (Wildman–Crippen MR) is 74.8 cm³/mol. The number of piperazine rings is 1. The zero-order valence-corrected chi connectivity index (χ0v) is 12.9. The Hall–Kier alpha value is -1.11. The summed E-state index contributed by atoms with van der Waals surface area (Å²) < 4.78 is 23.3. The molecule has 2 heterocycles. The molecule has 0 aromatic carbocycles. The summed E-state index contributed by atoms with van der Waals surface area (Å²) in [4.78, 5) is 26.3. The highest BCUT2D eigenvalue weighted by molar-refractivity contribution is 7.91. The van der Waals surface area contributed by atoms with Crippen molar-refractivity contribution < 1.29 is 18.0 Å². The Morgan fingerprint density at radius 3 is 2.45 bits per heavy atom. The van der Waals surface area contributed by atoms with Gasteiger partial charge in [-0.05, 0) is 18.8 Å². The minimum atomic E-state index is -3.08. The third-order valence-corrected chi connectivity index (χ3v) is 5.83. The molecular formula is C13H22N2O4S. The molecule has 3 unspecified atom stereocenters. The van der Waals surface area contributed by atoms with Gasteiger partial charge >= 0.3 is 0 Å². The van der Waals surface area contributed by atoms with Gasteiger partial charge in [0.15, 0.2) is 9.84 Å². The third kappa shape index (κ3) is 2.68. The molecule has 2 aliphatic rings. The summed E-state index contributed by atoms with van der Waals surface area (Å²) in [5, 5.41) is 2.74. The van der Waals surface area contributed by atoms with E-state index >= 15 is 0 Å². The summed E-state index contributed by atoms with van der Waals surface area (Å²) in [5.41, 5.74) is 0. The van der Waals surface area contributed by atoms with E-state index in [0.29, 0.717) is 12.8 Å². The zero-order chi connectivity index (χ0) is 15.1. The molecule has 0 aromatic heterocycles. The van der Waals surface area contributed by atoms with Crippen LogP contribution < -0.4 is 5.32 Å². The highest BCUT2D eigenvalue weighted by Crippen LogP contribution is 2.27. The van der Waals surface area contributed by atoms with Crippen LogP contribution in [0.25, 0.3) is 0 Å². The second kappa shape index (κ2) is 5.35. The molecule has 0 aliphatic carbocycles. The average Bonchev–Trinajstić information content (AvgIpc) is 2.70. The first kappa shape index (κ1) is 15.3. The maximum atomic E-state index is 12.5. The number of carbonyl (C=O) groups is 2. The van der Waals surface area contributed by atoms with Gasteiger partial charge in [-0.3, -0.25) is 9.59 Å². The monoisotopic (exact) mass is 302 g/mol. The van der Waals surface area contributed by atoms with E-state index in [4.69, 9.17) is 0 Å². The summed E-state index contributed by atoms with van der Waals surface area (Å²) in [6.07, 6.45) is 0.951. The number of hydrogen-bond acceptors (Lipinski definition) is 4. The van der Waals surface area contributed by atoms with E-state index in [9.17, 15) is 18.0 Å². The summed E-state index contributed by atoms with van der Waals surface area (Å²) in [5.74, 6) is -0.278. The van der Waals surface area contributed by atoms with Crippen LogP contribution in [0.2, 0.25) is 0 Å². The lowest BCUT2D eigenvalue weighted by Crippen LogP contribution is -2.67. The first-order chi connectivity index (χ1) is 9.26. The van der Waals surface area contributed by atoms with E-state index in [-0.39, 0.29) is 35.3 Å². The van der Waals surface area contributed by atoms with Gasteiger partial charge in [-0.2, -0.15) is 0 Å². The van der Waals surface area contributed by atoms with E-state index in [1.807, 2.05) is 20.8 Å². The van der Waals surface area contributed by atoms with Crippen LogP contribution in [0.15, 0.2) is 0 Å². The molecule has 114 valence electrons. The van der Waals surface area contributed by atoms with Crippen LogP contribution in [0.3, 0.4) is 0 Å². The first-order valence-corrected chi connectivity index (χ1v) is 8.92. The van der Waals surface area contributed by atoms with E-state index in [0.717, 1.165) is 0 Å². The highest BCUT2D eigenvalue weighted by atomic mass is 32.2. The topological polar surface area (TPSA) is 83.6 Å². The van der Waals surface area contributed by atoms with E-state index < -0.39 is 21.9 Å². The number of carbonyl (C=O) groups excluding carboxylic acids is 2. The number of nitrogens with one attached hydrogen (secondary N) is 1. The highest BCUT2D eigenvalue weighted by Gasteiger charge is 2.47. The molecule has 1 N–H and O–H groups in total. The van der Waals surface area contributed by atoms with Crippen molar-refractivity contribution in [2.45, 2.75) is 51.7 Å². The lowest BCUT2D eigenvalue weighted by molar-refractivity contribution is -0.153. The molecule has 0 aromatic rings.